The Labute approximate surface area is 102 Å². The van der Waals surface area contributed by atoms with Crippen molar-refractivity contribution in [1.29, 1.82) is 0 Å². The summed E-state index contributed by atoms with van der Waals surface area (Å²) >= 11 is 0. The highest BCUT2D eigenvalue weighted by Gasteiger charge is 2.49. The first kappa shape index (κ1) is 11.0. The minimum atomic E-state index is -3.22. The Morgan fingerprint density at radius 1 is 1.12 bits per heavy atom. The lowest BCUT2D eigenvalue weighted by atomic mass is 9.96. The van der Waals surface area contributed by atoms with E-state index in [1.165, 1.54) is 0 Å². The van der Waals surface area contributed by atoms with Crippen LogP contribution in [-0.4, -0.2) is 13.7 Å². The molecule has 17 heavy (non-hydrogen) atoms. The fraction of sp³-hybridized carbons (Fsp3) is 0.429. The molecule has 0 aromatic heterocycles. The molecule has 0 saturated heterocycles. The van der Waals surface area contributed by atoms with Crippen LogP contribution >= 0.6 is 0 Å². The number of rotatable bonds is 2. The van der Waals surface area contributed by atoms with Crippen LogP contribution in [-0.2, 0) is 9.84 Å². The maximum absolute atomic E-state index is 12.6. The molecule has 0 unspecified atom stereocenters. The molecule has 2 bridgehead atoms. The predicted octanol–water partition coefficient (Wildman–Crippen LogP) is 2.82. The zero-order chi connectivity index (χ0) is 12.0. The Hall–Kier alpha value is -1.09. The van der Waals surface area contributed by atoms with E-state index in [1.807, 2.05) is 6.07 Å². The maximum atomic E-state index is 12.6. The highest BCUT2D eigenvalue weighted by Crippen LogP contribution is 2.51. The van der Waals surface area contributed by atoms with E-state index in [9.17, 15) is 8.42 Å². The SMILES string of the molecule is C=C1[C@@H]2CC[C@@H](C2)[C@H]1S(=O)(=O)c1ccccc1. The third-order valence-electron chi connectivity index (χ3n) is 4.20. The van der Waals surface area contributed by atoms with Gasteiger partial charge in [-0.2, -0.15) is 0 Å². The van der Waals surface area contributed by atoms with Crippen LogP contribution in [0.25, 0.3) is 0 Å². The number of benzene rings is 1. The zero-order valence-electron chi connectivity index (χ0n) is 9.67. The molecule has 0 aliphatic heterocycles. The van der Waals surface area contributed by atoms with Crippen LogP contribution in [0.4, 0.5) is 0 Å². The van der Waals surface area contributed by atoms with Crippen molar-refractivity contribution < 1.29 is 8.42 Å². The lowest BCUT2D eigenvalue weighted by molar-refractivity contribution is 0.523. The van der Waals surface area contributed by atoms with Crippen molar-refractivity contribution in [3.05, 3.63) is 42.5 Å². The van der Waals surface area contributed by atoms with E-state index in [2.05, 4.69) is 6.58 Å². The van der Waals surface area contributed by atoms with Gasteiger partial charge in [0.2, 0.25) is 0 Å². The van der Waals surface area contributed by atoms with E-state index in [4.69, 9.17) is 0 Å². The van der Waals surface area contributed by atoms with Gasteiger partial charge >= 0.3 is 0 Å². The summed E-state index contributed by atoms with van der Waals surface area (Å²) in [6.07, 6.45) is 3.19. The minimum Gasteiger partial charge on any atom is -0.223 e. The first-order valence-corrected chi connectivity index (χ1v) is 7.63. The van der Waals surface area contributed by atoms with E-state index in [0.717, 1.165) is 24.8 Å². The Morgan fingerprint density at radius 3 is 2.41 bits per heavy atom. The Morgan fingerprint density at radius 2 is 1.82 bits per heavy atom. The van der Waals surface area contributed by atoms with Crippen molar-refractivity contribution >= 4 is 9.84 Å². The predicted molar refractivity (Wildman–Crippen MR) is 67.4 cm³/mol. The summed E-state index contributed by atoms with van der Waals surface area (Å²) in [6, 6.07) is 8.78. The highest BCUT2D eigenvalue weighted by atomic mass is 32.2. The number of fused-ring (bicyclic) bond motifs is 2. The van der Waals surface area contributed by atoms with Crippen molar-refractivity contribution in [1.82, 2.24) is 0 Å². The standard InChI is InChI=1S/C14H16O2S/c1-10-11-7-8-12(9-11)14(10)17(15,16)13-5-3-2-4-6-13/h2-6,11-12,14H,1,7-9H2/t11-,12+,14+/m1/s1. The number of hydrogen-bond acceptors (Lipinski definition) is 2. The largest absolute Gasteiger partial charge is 0.223 e. The molecule has 2 saturated carbocycles. The van der Waals surface area contributed by atoms with Gasteiger partial charge in [0.15, 0.2) is 9.84 Å². The monoisotopic (exact) mass is 248 g/mol. The van der Waals surface area contributed by atoms with Crippen molar-refractivity contribution in [2.75, 3.05) is 0 Å². The fourth-order valence-corrected chi connectivity index (χ4v) is 5.55. The van der Waals surface area contributed by atoms with Crippen molar-refractivity contribution in [2.24, 2.45) is 11.8 Å². The first-order valence-electron chi connectivity index (χ1n) is 6.08. The van der Waals surface area contributed by atoms with Gasteiger partial charge < -0.3 is 0 Å². The van der Waals surface area contributed by atoms with Crippen LogP contribution in [0.1, 0.15) is 19.3 Å². The smallest absolute Gasteiger partial charge is 0.185 e. The molecule has 1 aromatic rings. The molecule has 1 aromatic carbocycles. The molecule has 2 aliphatic rings. The van der Waals surface area contributed by atoms with Crippen molar-refractivity contribution in [2.45, 2.75) is 29.4 Å². The van der Waals surface area contributed by atoms with Gasteiger partial charge in [-0.3, -0.25) is 0 Å². The molecule has 2 aliphatic carbocycles. The van der Waals surface area contributed by atoms with Gasteiger partial charge in [-0.1, -0.05) is 30.4 Å². The first-order chi connectivity index (χ1) is 8.10. The van der Waals surface area contributed by atoms with Gasteiger partial charge in [-0.05, 0) is 43.2 Å². The van der Waals surface area contributed by atoms with E-state index in [1.54, 1.807) is 24.3 Å². The van der Waals surface area contributed by atoms with Crippen LogP contribution in [0.5, 0.6) is 0 Å². The van der Waals surface area contributed by atoms with Gasteiger partial charge in [0.05, 0.1) is 10.1 Å². The quantitative estimate of drug-likeness (QED) is 0.754. The molecule has 0 heterocycles. The summed E-state index contributed by atoms with van der Waals surface area (Å²) < 4.78 is 25.1. The molecule has 3 rings (SSSR count). The highest BCUT2D eigenvalue weighted by molar-refractivity contribution is 7.92. The molecule has 0 N–H and O–H groups in total. The van der Waals surface area contributed by atoms with Gasteiger partial charge in [0.1, 0.15) is 0 Å². The molecule has 3 heteroatoms. The Kier molecular flexibility index (Phi) is 2.40. The fourth-order valence-electron chi connectivity index (χ4n) is 3.37. The zero-order valence-corrected chi connectivity index (χ0v) is 10.5. The maximum Gasteiger partial charge on any atom is 0.185 e. The van der Waals surface area contributed by atoms with Gasteiger partial charge in [0.25, 0.3) is 0 Å². The van der Waals surface area contributed by atoms with Crippen molar-refractivity contribution in [3.63, 3.8) is 0 Å². The molecule has 0 spiro atoms. The van der Waals surface area contributed by atoms with Gasteiger partial charge in [-0.25, -0.2) is 8.42 Å². The van der Waals surface area contributed by atoms with Gasteiger partial charge in [0, 0.05) is 0 Å². The van der Waals surface area contributed by atoms with E-state index >= 15 is 0 Å². The number of hydrogen-bond donors (Lipinski definition) is 0. The minimum absolute atomic E-state index is 0.303. The van der Waals surface area contributed by atoms with E-state index in [-0.39, 0.29) is 5.25 Å². The van der Waals surface area contributed by atoms with E-state index < -0.39 is 9.84 Å². The molecule has 2 nitrogen and oxygen atoms in total. The molecule has 0 amide bonds. The van der Waals surface area contributed by atoms with Crippen LogP contribution in [0, 0.1) is 11.8 Å². The molecular formula is C14H16O2S. The summed E-state index contributed by atoms with van der Waals surface area (Å²) in [5.41, 5.74) is 0.949. The molecular weight excluding hydrogens is 232 g/mol. The molecule has 0 radical (unpaired) electrons. The normalized spacial score (nSPS) is 32.0. The van der Waals surface area contributed by atoms with Crippen LogP contribution in [0.2, 0.25) is 0 Å². The second-order valence-corrected chi connectivity index (χ2v) is 7.19. The van der Waals surface area contributed by atoms with Crippen LogP contribution in [0.15, 0.2) is 47.4 Å². The van der Waals surface area contributed by atoms with Crippen molar-refractivity contribution in [3.8, 4) is 0 Å². The summed E-state index contributed by atoms with van der Waals surface area (Å²) in [7, 11) is -3.22. The lowest BCUT2D eigenvalue weighted by Crippen LogP contribution is -2.29. The average molecular weight is 248 g/mol. The average Bonchev–Trinajstić information content (AvgIpc) is 2.90. The summed E-state index contributed by atoms with van der Waals surface area (Å²) in [4.78, 5) is 0.443. The topological polar surface area (TPSA) is 34.1 Å². The second-order valence-electron chi connectivity index (χ2n) is 5.12. The second kappa shape index (κ2) is 3.70. The third kappa shape index (κ3) is 1.56. The lowest BCUT2D eigenvalue weighted by Gasteiger charge is -2.24. The number of sulfone groups is 1. The summed E-state index contributed by atoms with van der Waals surface area (Å²) in [5.74, 6) is 0.751. The molecule has 3 atom stereocenters. The molecule has 90 valence electrons. The summed E-state index contributed by atoms with van der Waals surface area (Å²) in [6.45, 7) is 4.03. The Bertz CT molecular complexity index is 545. The summed E-state index contributed by atoms with van der Waals surface area (Å²) in [5, 5.41) is -0.330. The van der Waals surface area contributed by atoms with Gasteiger partial charge in [-0.15, -0.1) is 0 Å². The van der Waals surface area contributed by atoms with E-state index in [0.29, 0.717) is 16.7 Å². The molecule has 2 fully saturated rings. The van der Waals surface area contributed by atoms with Crippen LogP contribution < -0.4 is 0 Å². The van der Waals surface area contributed by atoms with Crippen LogP contribution in [0.3, 0.4) is 0 Å². The third-order valence-corrected chi connectivity index (χ3v) is 6.48. The Balaban J connectivity index is 2.03.